The van der Waals surface area contributed by atoms with E-state index in [4.69, 9.17) is 4.74 Å². The van der Waals surface area contributed by atoms with Crippen LogP contribution in [0.25, 0.3) is 0 Å². The van der Waals surface area contributed by atoms with Crippen molar-refractivity contribution in [2.75, 3.05) is 12.4 Å². The number of unbranched alkanes of at least 4 members (excludes halogenated alkanes) is 1. The SMILES string of the molecule is O=C(COC(=O)CCCC[C@@H]1CCSS1)N[C@@H]1CCCc2ccccc21. The Kier molecular flexibility index (Phi) is 7.74. The van der Waals surface area contributed by atoms with E-state index >= 15 is 0 Å². The second kappa shape index (κ2) is 10.3. The molecular weight excluding hydrogens is 366 g/mol. The van der Waals surface area contributed by atoms with E-state index in [1.807, 2.05) is 33.7 Å². The number of benzene rings is 1. The van der Waals surface area contributed by atoms with Crippen LogP contribution in [0.5, 0.6) is 0 Å². The molecule has 0 bridgehead atoms. The molecule has 1 fully saturated rings. The maximum absolute atomic E-state index is 12.1. The second-order valence-corrected chi connectivity index (χ2v) is 9.73. The Hall–Kier alpha value is -1.14. The van der Waals surface area contributed by atoms with Gasteiger partial charge in [-0.05, 0) is 49.7 Å². The van der Waals surface area contributed by atoms with Gasteiger partial charge < -0.3 is 10.1 Å². The molecule has 1 N–H and O–H groups in total. The fourth-order valence-corrected chi connectivity index (χ4v) is 6.59. The number of fused-ring (bicyclic) bond motifs is 1. The molecule has 1 aliphatic heterocycles. The Balaban J connectivity index is 1.32. The summed E-state index contributed by atoms with van der Waals surface area (Å²) in [5.41, 5.74) is 2.50. The molecule has 2 atom stereocenters. The van der Waals surface area contributed by atoms with Gasteiger partial charge in [0.25, 0.3) is 5.91 Å². The van der Waals surface area contributed by atoms with Crippen LogP contribution in [-0.4, -0.2) is 29.5 Å². The maximum atomic E-state index is 12.1. The first-order valence-corrected chi connectivity index (χ1v) is 11.9. The van der Waals surface area contributed by atoms with Crippen LogP contribution in [0.3, 0.4) is 0 Å². The van der Waals surface area contributed by atoms with E-state index in [1.54, 1.807) is 0 Å². The first-order chi connectivity index (χ1) is 12.7. The normalized spacial score (nSPS) is 21.8. The van der Waals surface area contributed by atoms with Crippen LogP contribution in [0.15, 0.2) is 24.3 Å². The lowest BCUT2D eigenvalue weighted by Gasteiger charge is -2.26. The zero-order valence-electron chi connectivity index (χ0n) is 15.1. The minimum atomic E-state index is -0.266. The van der Waals surface area contributed by atoms with Gasteiger partial charge in [0.15, 0.2) is 6.61 Å². The molecule has 1 aromatic rings. The van der Waals surface area contributed by atoms with E-state index < -0.39 is 0 Å². The molecule has 1 heterocycles. The monoisotopic (exact) mass is 393 g/mol. The molecule has 26 heavy (non-hydrogen) atoms. The van der Waals surface area contributed by atoms with E-state index in [0.717, 1.165) is 37.4 Å². The van der Waals surface area contributed by atoms with Gasteiger partial charge in [-0.15, -0.1) is 0 Å². The molecule has 0 aromatic heterocycles. The average molecular weight is 394 g/mol. The molecule has 0 saturated carbocycles. The van der Waals surface area contributed by atoms with Gasteiger partial charge in [0.2, 0.25) is 0 Å². The summed E-state index contributed by atoms with van der Waals surface area (Å²) in [7, 11) is 3.92. The van der Waals surface area contributed by atoms with Gasteiger partial charge in [-0.3, -0.25) is 9.59 Å². The summed E-state index contributed by atoms with van der Waals surface area (Å²) in [6.45, 7) is -0.174. The van der Waals surface area contributed by atoms with Crippen LogP contribution >= 0.6 is 21.6 Å². The molecular formula is C20H27NO3S2. The Morgan fingerprint density at radius 2 is 2.08 bits per heavy atom. The number of aryl methyl sites for hydroxylation is 1. The predicted octanol–water partition coefficient (Wildman–Crippen LogP) is 4.44. The van der Waals surface area contributed by atoms with E-state index in [0.29, 0.717) is 6.42 Å². The predicted molar refractivity (Wildman–Crippen MR) is 108 cm³/mol. The van der Waals surface area contributed by atoms with Crippen molar-refractivity contribution in [1.29, 1.82) is 0 Å². The summed E-state index contributed by atoms with van der Waals surface area (Å²) in [5, 5.41) is 3.76. The highest BCUT2D eigenvalue weighted by atomic mass is 33.1. The van der Waals surface area contributed by atoms with E-state index in [-0.39, 0.29) is 24.5 Å². The summed E-state index contributed by atoms with van der Waals surface area (Å²) in [6, 6.07) is 8.28. The molecule has 3 rings (SSSR count). The third-order valence-corrected chi connectivity index (χ3v) is 7.96. The Morgan fingerprint density at radius 1 is 1.19 bits per heavy atom. The number of carbonyl (C=O) groups excluding carboxylic acids is 2. The summed E-state index contributed by atoms with van der Waals surface area (Å²) in [5.74, 6) is 0.773. The van der Waals surface area contributed by atoms with Crippen molar-refractivity contribution in [2.24, 2.45) is 0 Å². The Morgan fingerprint density at radius 3 is 2.92 bits per heavy atom. The van der Waals surface area contributed by atoms with Crippen molar-refractivity contribution >= 4 is 33.5 Å². The van der Waals surface area contributed by atoms with Crippen molar-refractivity contribution in [2.45, 2.75) is 62.7 Å². The first kappa shape index (κ1) is 19.6. The van der Waals surface area contributed by atoms with Crippen LogP contribution in [0.2, 0.25) is 0 Å². The number of nitrogens with one attached hydrogen (secondary N) is 1. The lowest BCUT2D eigenvalue weighted by Crippen LogP contribution is -2.34. The van der Waals surface area contributed by atoms with Gasteiger partial charge in [-0.2, -0.15) is 0 Å². The molecule has 0 spiro atoms. The molecule has 6 heteroatoms. The molecule has 1 saturated heterocycles. The standard InChI is InChI=1S/C20H27NO3S2/c22-19(21-18-10-5-7-15-6-1-3-9-17(15)18)14-24-20(23)11-4-2-8-16-12-13-25-26-16/h1,3,6,9,16,18H,2,4-5,7-8,10-14H2,(H,21,22)/t16-,18-/m1/s1. The van der Waals surface area contributed by atoms with Crippen molar-refractivity contribution < 1.29 is 14.3 Å². The minimum Gasteiger partial charge on any atom is -0.456 e. The van der Waals surface area contributed by atoms with Crippen molar-refractivity contribution in [3.05, 3.63) is 35.4 Å². The molecule has 0 unspecified atom stereocenters. The second-order valence-electron chi connectivity index (χ2n) is 6.95. The zero-order valence-corrected chi connectivity index (χ0v) is 16.7. The van der Waals surface area contributed by atoms with Gasteiger partial charge >= 0.3 is 5.97 Å². The molecule has 4 nitrogen and oxygen atoms in total. The largest absolute Gasteiger partial charge is 0.456 e. The number of hydrogen-bond donors (Lipinski definition) is 1. The fourth-order valence-electron chi connectivity index (χ4n) is 3.56. The van der Waals surface area contributed by atoms with Gasteiger partial charge in [0.05, 0.1) is 6.04 Å². The molecule has 1 amide bonds. The molecule has 0 radical (unpaired) electrons. The van der Waals surface area contributed by atoms with Gasteiger partial charge in [-0.1, -0.05) is 52.3 Å². The Labute approximate surface area is 163 Å². The highest BCUT2D eigenvalue weighted by molar-refractivity contribution is 8.77. The molecule has 142 valence electrons. The van der Waals surface area contributed by atoms with Crippen LogP contribution in [0.1, 0.15) is 62.1 Å². The minimum absolute atomic E-state index is 0.0351. The quantitative estimate of drug-likeness (QED) is 0.402. The van der Waals surface area contributed by atoms with E-state index in [2.05, 4.69) is 17.4 Å². The van der Waals surface area contributed by atoms with E-state index in [1.165, 1.54) is 29.7 Å². The van der Waals surface area contributed by atoms with Crippen molar-refractivity contribution in [3.8, 4) is 0 Å². The topological polar surface area (TPSA) is 55.4 Å². The number of hydrogen-bond acceptors (Lipinski definition) is 5. The Bertz CT molecular complexity index is 617. The third-order valence-electron chi connectivity index (χ3n) is 4.95. The van der Waals surface area contributed by atoms with Crippen LogP contribution in [-0.2, 0) is 20.7 Å². The van der Waals surface area contributed by atoms with Crippen molar-refractivity contribution in [3.63, 3.8) is 0 Å². The van der Waals surface area contributed by atoms with Crippen LogP contribution in [0, 0.1) is 0 Å². The van der Waals surface area contributed by atoms with Crippen molar-refractivity contribution in [1.82, 2.24) is 5.32 Å². The highest BCUT2D eigenvalue weighted by Crippen LogP contribution is 2.39. The van der Waals surface area contributed by atoms with Gasteiger partial charge in [0, 0.05) is 17.4 Å². The summed E-state index contributed by atoms with van der Waals surface area (Å²) >= 11 is 0. The number of amides is 1. The average Bonchev–Trinajstić information content (AvgIpc) is 3.17. The number of carbonyl (C=O) groups is 2. The molecule has 1 aromatic carbocycles. The molecule has 2 aliphatic rings. The smallest absolute Gasteiger partial charge is 0.306 e. The van der Waals surface area contributed by atoms with Crippen LogP contribution < -0.4 is 5.32 Å². The number of rotatable bonds is 8. The summed E-state index contributed by atoms with van der Waals surface area (Å²) < 4.78 is 5.15. The molecule has 1 aliphatic carbocycles. The van der Waals surface area contributed by atoms with Gasteiger partial charge in [0.1, 0.15) is 0 Å². The number of esters is 1. The summed E-state index contributed by atoms with van der Waals surface area (Å²) in [4.78, 5) is 24.0. The third kappa shape index (κ3) is 5.95. The number of ether oxygens (including phenoxy) is 1. The van der Waals surface area contributed by atoms with E-state index in [9.17, 15) is 9.59 Å². The lowest BCUT2D eigenvalue weighted by molar-refractivity contribution is -0.148. The van der Waals surface area contributed by atoms with Gasteiger partial charge in [-0.25, -0.2) is 0 Å². The highest BCUT2D eigenvalue weighted by Gasteiger charge is 2.22. The zero-order chi connectivity index (χ0) is 18.2. The van der Waals surface area contributed by atoms with Crippen LogP contribution in [0.4, 0.5) is 0 Å². The first-order valence-electron chi connectivity index (χ1n) is 9.53. The fraction of sp³-hybridized carbons (Fsp3) is 0.600. The maximum Gasteiger partial charge on any atom is 0.306 e. The summed E-state index contributed by atoms with van der Waals surface area (Å²) in [6.07, 6.45) is 7.83. The lowest BCUT2D eigenvalue weighted by atomic mass is 9.88.